The van der Waals surface area contributed by atoms with Crippen LogP contribution in [0.5, 0.6) is 0 Å². The average molecular weight is 297 g/mol. The first-order valence-electron chi connectivity index (χ1n) is 7.39. The molecule has 0 atom stereocenters. The van der Waals surface area contributed by atoms with Crippen LogP contribution in [0.15, 0.2) is 18.2 Å². The summed E-state index contributed by atoms with van der Waals surface area (Å²) in [5.41, 5.74) is 2.34. The van der Waals surface area contributed by atoms with Gasteiger partial charge in [0.15, 0.2) is 0 Å². The van der Waals surface area contributed by atoms with Crippen LogP contribution in [0, 0.1) is 0 Å². The molecule has 0 saturated heterocycles. The highest BCUT2D eigenvalue weighted by atomic mass is 35.5. The number of halogens is 1. The molecule has 1 fully saturated rings. The summed E-state index contributed by atoms with van der Waals surface area (Å²) < 4.78 is 5.19. The largest absolute Gasteiger partial charge is 0.383 e. The predicted molar refractivity (Wildman–Crippen MR) is 85.7 cm³/mol. The molecule has 0 bridgehead atoms. The van der Waals surface area contributed by atoms with E-state index >= 15 is 0 Å². The van der Waals surface area contributed by atoms with Crippen LogP contribution in [0.3, 0.4) is 0 Å². The molecule has 0 unspecified atom stereocenters. The lowest BCUT2D eigenvalue weighted by Gasteiger charge is -2.29. The number of nitrogens with zero attached hydrogens (tertiary/aromatic N) is 1. The fourth-order valence-electron chi connectivity index (χ4n) is 2.28. The zero-order chi connectivity index (χ0) is 14.5. The summed E-state index contributed by atoms with van der Waals surface area (Å²) in [6.07, 6.45) is 2.60. The molecule has 0 aromatic heterocycles. The molecule has 1 aliphatic carbocycles. The first-order chi connectivity index (χ1) is 9.61. The van der Waals surface area contributed by atoms with Crippen LogP contribution in [0.2, 0.25) is 5.02 Å². The van der Waals surface area contributed by atoms with E-state index in [9.17, 15) is 0 Å². The number of rotatable bonds is 8. The molecule has 1 N–H and O–H groups in total. The lowest BCUT2D eigenvalue weighted by Crippen LogP contribution is -2.33. The van der Waals surface area contributed by atoms with Crippen LogP contribution in [-0.4, -0.2) is 32.3 Å². The summed E-state index contributed by atoms with van der Waals surface area (Å²) in [5, 5.41) is 4.35. The van der Waals surface area contributed by atoms with Crippen molar-refractivity contribution in [1.29, 1.82) is 0 Å². The van der Waals surface area contributed by atoms with E-state index in [1.165, 1.54) is 18.4 Å². The van der Waals surface area contributed by atoms with Crippen molar-refractivity contribution in [2.45, 2.75) is 45.3 Å². The molecule has 0 heterocycles. The first-order valence-corrected chi connectivity index (χ1v) is 7.77. The zero-order valence-corrected chi connectivity index (χ0v) is 13.4. The van der Waals surface area contributed by atoms with Crippen molar-refractivity contribution in [2.24, 2.45) is 0 Å². The quantitative estimate of drug-likeness (QED) is 0.795. The Labute approximate surface area is 127 Å². The predicted octanol–water partition coefficient (Wildman–Crippen LogP) is 3.45. The molecule has 1 aromatic carbocycles. The van der Waals surface area contributed by atoms with Gasteiger partial charge in [0.25, 0.3) is 0 Å². The Balaban J connectivity index is 2.04. The minimum atomic E-state index is 0.427. The van der Waals surface area contributed by atoms with Crippen molar-refractivity contribution in [3.05, 3.63) is 28.8 Å². The van der Waals surface area contributed by atoms with Gasteiger partial charge in [0.05, 0.1) is 6.61 Å². The summed E-state index contributed by atoms with van der Waals surface area (Å²) in [4.78, 5) is 2.31. The monoisotopic (exact) mass is 296 g/mol. The van der Waals surface area contributed by atoms with Crippen molar-refractivity contribution < 1.29 is 4.74 Å². The minimum Gasteiger partial charge on any atom is -0.383 e. The van der Waals surface area contributed by atoms with Crippen molar-refractivity contribution >= 4 is 17.3 Å². The fourth-order valence-corrected chi connectivity index (χ4v) is 2.52. The van der Waals surface area contributed by atoms with Gasteiger partial charge >= 0.3 is 0 Å². The number of ether oxygens (including phenoxy) is 1. The number of methoxy groups -OCH3 is 1. The number of benzene rings is 1. The van der Waals surface area contributed by atoms with Crippen LogP contribution in [-0.2, 0) is 11.3 Å². The molecule has 0 aliphatic heterocycles. The Hall–Kier alpha value is -0.770. The van der Waals surface area contributed by atoms with Crippen molar-refractivity contribution in [3.8, 4) is 0 Å². The summed E-state index contributed by atoms with van der Waals surface area (Å²) in [7, 11) is 1.73. The summed E-state index contributed by atoms with van der Waals surface area (Å²) >= 11 is 6.42. The van der Waals surface area contributed by atoms with Gasteiger partial charge in [0.2, 0.25) is 0 Å². The Bertz CT molecular complexity index is 432. The van der Waals surface area contributed by atoms with Gasteiger partial charge in [-0.2, -0.15) is 0 Å². The second kappa shape index (κ2) is 7.30. The fraction of sp³-hybridized carbons (Fsp3) is 0.625. The number of anilines is 1. The Morgan fingerprint density at radius 3 is 2.70 bits per heavy atom. The topological polar surface area (TPSA) is 24.5 Å². The summed E-state index contributed by atoms with van der Waals surface area (Å²) in [6, 6.07) is 7.50. The Morgan fingerprint density at radius 1 is 1.40 bits per heavy atom. The van der Waals surface area contributed by atoms with Crippen molar-refractivity contribution in [2.75, 3.05) is 25.2 Å². The van der Waals surface area contributed by atoms with E-state index in [1.54, 1.807) is 7.11 Å². The smallest absolute Gasteiger partial charge is 0.0637 e. The third kappa shape index (κ3) is 4.37. The molecule has 20 heavy (non-hydrogen) atoms. The zero-order valence-electron chi connectivity index (χ0n) is 12.7. The van der Waals surface area contributed by atoms with E-state index in [0.717, 1.165) is 30.4 Å². The molecular weight excluding hydrogens is 272 g/mol. The van der Waals surface area contributed by atoms with Crippen LogP contribution >= 0.6 is 11.6 Å². The molecule has 0 radical (unpaired) electrons. The van der Waals surface area contributed by atoms with E-state index in [0.29, 0.717) is 12.1 Å². The molecule has 4 heteroatoms. The van der Waals surface area contributed by atoms with Gasteiger partial charge in [-0.15, -0.1) is 0 Å². The molecular formula is C16H25ClN2O. The van der Waals surface area contributed by atoms with Crippen LogP contribution in [0.1, 0.15) is 32.3 Å². The van der Waals surface area contributed by atoms with Crippen LogP contribution in [0.4, 0.5) is 5.69 Å². The standard InChI is InChI=1S/C16H25ClN2O/c1-12(2)19(8-9-20-3)15-7-4-13(16(17)10-15)11-18-14-5-6-14/h4,7,10,12,14,18H,5-6,8-9,11H2,1-3H3. The molecule has 1 aromatic rings. The molecule has 2 rings (SSSR count). The summed E-state index contributed by atoms with van der Waals surface area (Å²) in [5.74, 6) is 0. The molecule has 1 aliphatic rings. The van der Waals surface area contributed by atoms with Crippen LogP contribution in [0.25, 0.3) is 0 Å². The van der Waals surface area contributed by atoms with Gasteiger partial charge in [0, 0.05) is 43.0 Å². The van der Waals surface area contributed by atoms with E-state index < -0.39 is 0 Å². The second-order valence-electron chi connectivity index (χ2n) is 5.71. The highest BCUT2D eigenvalue weighted by Crippen LogP contribution is 2.26. The lowest BCUT2D eigenvalue weighted by molar-refractivity contribution is 0.204. The van der Waals surface area contributed by atoms with Gasteiger partial charge in [-0.25, -0.2) is 0 Å². The Kier molecular flexibility index (Phi) is 5.70. The normalized spacial score (nSPS) is 14.8. The van der Waals surface area contributed by atoms with Gasteiger partial charge < -0.3 is 15.0 Å². The number of hydrogen-bond donors (Lipinski definition) is 1. The molecule has 0 amide bonds. The maximum absolute atomic E-state index is 6.42. The van der Waals surface area contributed by atoms with Gasteiger partial charge in [-0.3, -0.25) is 0 Å². The maximum atomic E-state index is 6.42. The Morgan fingerprint density at radius 2 is 2.15 bits per heavy atom. The summed E-state index contributed by atoms with van der Waals surface area (Å²) in [6.45, 7) is 6.84. The van der Waals surface area contributed by atoms with Crippen molar-refractivity contribution in [3.63, 3.8) is 0 Å². The number of nitrogens with one attached hydrogen (secondary N) is 1. The molecule has 0 spiro atoms. The molecule has 112 valence electrons. The highest BCUT2D eigenvalue weighted by molar-refractivity contribution is 6.31. The van der Waals surface area contributed by atoms with Crippen LogP contribution < -0.4 is 10.2 Å². The van der Waals surface area contributed by atoms with Crippen molar-refractivity contribution in [1.82, 2.24) is 5.32 Å². The highest BCUT2D eigenvalue weighted by Gasteiger charge is 2.20. The van der Waals surface area contributed by atoms with Gasteiger partial charge in [-0.05, 0) is 44.4 Å². The van der Waals surface area contributed by atoms with E-state index in [2.05, 4.69) is 42.3 Å². The molecule has 1 saturated carbocycles. The third-order valence-electron chi connectivity index (χ3n) is 3.69. The van der Waals surface area contributed by atoms with Gasteiger partial charge in [-0.1, -0.05) is 17.7 Å². The average Bonchev–Trinajstić information content (AvgIpc) is 3.22. The molecule has 3 nitrogen and oxygen atoms in total. The van der Waals surface area contributed by atoms with E-state index in [1.807, 2.05) is 0 Å². The third-order valence-corrected chi connectivity index (χ3v) is 4.04. The maximum Gasteiger partial charge on any atom is 0.0637 e. The van der Waals surface area contributed by atoms with E-state index in [-0.39, 0.29) is 0 Å². The lowest BCUT2D eigenvalue weighted by atomic mass is 10.1. The van der Waals surface area contributed by atoms with Gasteiger partial charge in [0.1, 0.15) is 0 Å². The second-order valence-corrected chi connectivity index (χ2v) is 6.12. The van der Waals surface area contributed by atoms with E-state index in [4.69, 9.17) is 16.3 Å². The minimum absolute atomic E-state index is 0.427. The first kappa shape index (κ1) is 15.6. The SMILES string of the molecule is COCCN(c1ccc(CNC2CC2)c(Cl)c1)C(C)C. The number of hydrogen-bond acceptors (Lipinski definition) is 3.